The second-order valence-corrected chi connectivity index (χ2v) is 4.27. The summed E-state index contributed by atoms with van der Waals surface area (Å²) in [5.41, 5.74) is 9.77. The van der Waals surface area contributed by atoms with E-state index < -0.39 is 0 Å². The van der Waals surface area contributed by atoms with Gasteiger partial charge in [-0.2, -0.15) is 0 Å². The molecule has 0 radical (unpaired) electrons. The van der Waals surface area contributed by atoms with Crippen LogP contribution in [0.3, 0.4) is 0 Å². The van der Waals surface area contributed by atoms with Gasteiger partial charge in [0.25, 0.3) is 0 Å². The van der Waals surface area contributed by atoms with Crippen molar-refractivity contribution in [3.63, 3.8) is 0 Å². The maximum Gasteiger partial charge on any atom is 0.0315 e. The molecule has 3 N–H and O–H groups in total. The number of rotatable bonds is 3. The molecule has 0 spiro atoms. The zero-order valence-electron chi connectivity index (χ0n) is 9.02. The molecule has 1 aromatic rings. The molecule has 1 aromatic heterocycles. The third kappa shape index (κ3) is 2.59. The lowest BCUT2D eigenvalue weighted by atomic mass is 9.98. The van der Waals surface area contributed by atoms with Crippen LogP contribution in [0.1, 0.15) is 43.3 Å². The van der Waals surface area contributed by atoms with Crippen LogP contribution in [0, 0.1) is 19.8 Å². The molecule has 0 aromatic carbocycles. The molecule has 0 fully saturated rings. The van der Waals surface area contributed by atoms with Gasteiger partial charge in [-0.15, -0.1) is 0 Å². The Labute approximate surface area is 80.5 Å². The van der Waals surface area contributed by atoms with Gasteiger partial charge in [-0.05, 0) is 37.8 Å². The lowest BCUT2D eigenvalue weighted by Gasteiger charge is -2.13. The van der Waals surface area contributed by atoms with Crippen LogP contribution < -0.4 is 5.73 Å². The summed E-state index contributed by atoms with van der Waals surface area (Å²) in [5, 5.41) is 0. The molecular formula is C11H20N2. The number of H-pyrrole nitrogens is 1. The molecule has 74 valence electrons. The van der Waals surface area contributed by atoms with Crippen molar-refractivity contribution < 1.29 is 0 Å². The van der Waals surface area contributed by atoms with E-state index in [-0.39, 0.29) is 6.04 Å². The maximum atomic E-state index is 6.09. The van der Waals surface area contributed by atoms with Gasteiger partial charge in [0, 0.05) is 17.4 Å². The van der Waals surface area contributed by atoms with E-state index in [1.165, 1.54) is 17.0 Å². The van der Waals surface area contributed by atoms with Crippen LogP contribution in [0.5, 0.6) is 0 Å². The molecule has 0 aliphatic heterocycles. The van der Waals surface area contributed by atoms with Crippen molar-refractivity contribution in [1.82, 2.24) is 4.98 Å². The lowest BCUT2D eigenvalue weighted by molar-refractivity contribution is 0.509. The van der Waals surface area contributed by atoms with Gasteiger partial charge in [-0.1, -0.05) is 13.8 Å². The van der Waals surface area contributed by atoms with E-state index in [0.717, 1.165) is 6.42 Å². The molecule has 0 saturated heterocycles. The van der Waals surface area contributed by atoms with E-state index in [1.54, 1.807) is 0 Å². The van der Waals surface area contributed by atoms with E-state index in [1.807, 2.05) is 0 Å². The topological polar surface area (TPSA) is 41.8 Å². The van der Waals surface area contributed by atoms with Crippen molar-refractivity contribution in [2.75, 3.05) is 0 Å². The van der Waals surface area contributed by atoms with Gasteiger partial charge in [-0.25, -0.2) is 0 Å². The van der Waals surface area contributed by atoms with Gasteiger partial charge in [0.05, 0.1) is 0 Å². The van der Waals surface area contributed by atoms with Crippen LogP contribution in [-0.2, 0) is 0 Å². The first kappa shape index (κ1) is 10.3. The molecule has 2 nitrogen and oxygen atoms in total. The van der Waals surface area contributed by atoms with Crippen LogP contribution in [0.4, 0.5) is 0 Å². The van der Waals surface area contributed by atoms with Gasteiger partial charge in [-0.3, -0.25) is 0 Å². The van der Waals surface area contributed by atoms with Gasteiger partial charge in [0.15, 0.2) is 0 Å². The standard InChI is InChI=1S/C11H20N2/c1-7(2)5-11(12)10-6-8(3)13-9(10)4/h6-7,11,13H,5,12H2,1-4H3. The fraction of sp³-hybridized carbons (Fsp3) is 0.636. The van der Waals surface area contributed by atoms with Crippen LogP contribution in [0.15, 0.2) is 6.07 Å². The lowest BCUT2D eigenvalue weighted by Crippen LogP contribution is -2.13. The maximum absolute atomic E-state index is 6.09. The van der Waals surface area contributed by atoms with Crippen LogP contribution in [0.2, 0.25) is 0 Å². The Balaban J connectivity index is 2.76. The first-order valence-electron chi connectivity index (χ1n) is 4.92. The summed E-state index contributed by atoms with van der Waals surface area (Å²) >= 11 is 0. The summed E-state index contributed by atoms with van der Waals surface area (Å²) in [6.45, 7) is 8.56. The summed E-state index contributed by atoms with van der Waals surface area (Å²) in [4.78, 5) is 3.28. The van der Waals surface area contributed by atoms with Crippen molar-refractivity contribution in [2.24, 2.45) is 11.7 Å². The summed E-state index contributed by atoms with van der Waals surface area (Å²) in [6, 6.07) is 2.34. The number of aryl methyl sites for hydroxylation is 2. The van der Waals surface area contributed by atoms with Crippen LogP contribution in [-0.4, -0.2) is 4.98 Å². The predicted molar refractivity (Wildman–Crippen MR) is 56.7 cm³/mol. The largest absolute Gasteiger partial charge is 0.362 e. The van der Waals surface area contributed by atoms with Crippen molar-refractivity contribution in [3.05, 3.63) is 23.0 Å². The monoisotopic (exact) mass is 180 g/mol. The zero-order chi connectivity index (χ0) is 10.0. The molecule has 0 saturated carbocycles. The average molecular weight is 180 g/mol. The van der Waals surface area contributed by atoms with E-state index in [9.17, 15) is 0 Å². The van der Waals surface area contributed by atoms with Crippen LogP contribution in [0.25, 0.3) is 0 Å². The van der Waals surface area contributed by atoms with Crippen LogP contribution >= 0.6 is 0 Å². The number of nitrogens with two attached hydrogens (primary N) is 1. The Kier molecular flexibility index (Phi) is 3.15. The number of hydrogen-bond donors (Lipinski definition) is 2. The van der Waals surface area contributed by atoms with E-state index >= 15 is 0 Å². The molecule has 0 amide bonds. The highest BCUT2D eigenvalue weighted by molar-refractivity contribution is 5.27. The molecule has 1 unspecified atom stereocenters. The summed E-state index contributed by atoms with van der Waals surface area (Å²) in [6.07, 6.45) is 1.05. The third-order valence-corrected chi connectivity index (χ3v) is 2.31. The Hall–Kier alpha value is -0.760. The quantitative estimate of drug-likeness (QED) is 0.737. The number of hydrogen-bond acceptors (Lipinski definition) is 1. The average Bonchev–Trinajstić information content (AvgIpc) is 2.28. The highest BCUT2D eigenvalue weighted by Crippen LogP contribution is 2.22. The highest BCUT2D eigenvalue weighted by Gasteiger charge is 2.12. The SMILES string of the molecule is Cc1cc(C(N)CC(C)C)c(C)[nH]1. The normalized spacial score (nSPS) is 13.7. The minimum atomic E-state index is 0.185. The Morgan fingerprint density at radius 3 is 2.38 bits per heavy atom. The first-order chi connectivity index (χ1) is 6.00. The zero-order valence-corrected chi connectivity index (χ0v) is 9.02. The number of aromatic nitrogens is 1. The van der Waals surface area contributed by atoms with Gasteiger partial charge >= 0.3 is 0 Å². The summed E-state index contributed by atoms with van der Waals surface area (Å²) < 4.78 is 0. The molecular weight excluding hydrogens is 160 g/mol. The Morgan fingerprint density at radius 2 is 2.00 bits per heavy atom. The van der Waals surface area contributed by atoms with Crippen molar-refractivity contribution >= 4 is 0 Å². The summed E-state index contributed by atoms with van der Waals surface area (Å²) in [5.74, 6) is 0.657. The van der Waals surface area contributed by atoms with Gasteiger partial charge in [0.1, 0.15) is 0 Å². The second-order valence-electron chi connectivity index (χ2n) is 4.27. The molecule has 0 aliphatic rings. The third-order valence-electron chi connectivity index (χ3n) is 2.31. The minimum absolute atomic E-state index is 0.185. The van der Waals surface area contributed by atoms with E-state index in [0.29, 0.717) is 5.92 Å². The smallest absolute Gasteiger partial charge is 0.0315 e. The van der Waals surface area contributed by atoms with Crippen molar-refractivity contribution in [1.29, 1.82) is 0 Å². The number of aromatic amines is 1. The van der Waals surface area contributed by atoms with Gasteiger partial charge in [0.2, 0.25) is 0 Å². The molecule has 0 aliphatic carbocycles. The molecule has 1 rings (SSSR count). The fourth-order valence-corrected chi connectivity index (χ4v) is 1.77. The summed E-state index contributed by atoms with van der Waals surface area (Å²) in [7, 11) is 0. The molecule has 2 heteroatoms. The van der Waals surface area contributed by atoms with E-state index in [4.69, 9.17) is 5.73 Å². The molecule has 1 heterocycles. The Bertz CT molecular complexity index is 274. The van der Waals surface area contributed by atoms with Crippen molar-refractivity contribution in [2.45, 2.75) is 40.2 Å². The molecule has 0 bridgehead atoms. The fourth-order valence-electron chi connectivity index (χ4n) is 1.77. The number of nitrogens with one attached hydrogen (secondary N) is 1. The van der Waals surface area contributed by atoms with Gasteiger partial charge < -0.3 is 10.7 Å². The van der Waals surface area contributed by atoms with Crippen molar-refractivity contribution in [3.8, 4) is 0 Å². The Morgan fingerprint density at radius 1 is 1.38 bits per heavy atom. The van der Waals surface area contributed by atoms with E-state index in [2.05, 4.69) is 38.7 Å². The first-order valence-corrected chi connectivity index (χ1v) is 4.92. The molecule has 13 heavy (non-hydrogen) atoms. The minimum Gasteiger partial charge on any atom is -0.362 e. The second kappa shape index (κ2) is 3.97. The predicted octanol–water partition coefficient (Wildman–Crippen LogP) is 2.68. The molecule has 1 atom stereocenters. The highest BCUT2D eigenvalue weighted by atomic mass is 14.7.